The van der Waals surface area contributed by atoms with E-state index < -0.39 is 109 Å². The van der Waals surface area contributed by atoms with Gasteiger partial charge in [-0.25, -0.2) is 19.2 Å². The standard InChI is InChI=1S/C38H47F6O12P/c1-20-10-13-28-24(30(37(39,40)41)50-32-35(28,54-45)26(20)15-12-22(3)49-32)18-47-57(46,53-23-8-6-5-7-9-23)48-19-25-29-14-11-21(2)27-16-17-34(4)52-33(36(27,29)56-55-34)51-31(25)38(42,43)44/h5-9,20-22,26-29,32-33,45H,10-19H2,1-4H3/t20-,21-,22+,26?,27?,28+,29+,32+,33-,34?,35?,36-,57?/m1/s1. The van der Waals surface area contributed by atoms with Gasteiger partial charge in [0.1, 0.15) is 5.75 Å². The van der Waals surface area contributed by atoms with E-state index >= 15 is 0 Å². The summed E-state index contributed by atoms with van der Waals surface area (Å²) in [5.74, 6) is -7.64. The molecule has 13 atom stereocenters. The Bertz CT molecular complexity index is 1720. The lowest BCUT2D eigenvalue weighted by Crippen LogP contribution is -2.67. The van der Waals surface area contributed by atoms with Gasteiger partial charge in [0.05, 0.1) is 19.3 Å². The Balaban J connectivity index is 1.16. The Morgan fingerprint density at radius 1 is 0.772 bits per heavy atom. The number of hydrogen-bond donors (Lipinski definition) is 1. The van der Waals surface area contributed by atoms with Crippen molar-refractivity contribution >= 4 is 7.82 Å². The molecule has 318 valence electrons. The van der Waals surface area contributed by atoms with Crippen molar-refractivity contribution in [3.8, 4) is 5.75 Å². The number of ether oxygens (including phenoxy) is 4. The molecule has 19 heteroatoms. The molecule has 4 saturated heterocycles. The lowest BCUT2D eigenvalue weighted by atomic mass is 9.59. The fourth-order valence-corrected chi connectivity index (χ4v) is 11.8. The van der Waals surface area contributed by atoms with Crippen LogP contribution in [0.15, 0.2) is 53.0 Å². The van der Waals surface area contributed by atoms with Crippen LogP contribution >= 0.6 is 7.82 Å². The SMILES string of the molecule is C[C@@H]1CC[C@H]2C(COP(=O)(OCC3=C(C(F)(F)F)O[C@@H]4OC5(C)CCC6[C@H](C)CC[C@@H]3[C@]64OO5)Oc3ccccc3)=C(C(F)(F)F)O[C@@H]3O[C@@H](C)CCC1C32OO. The summed E-state index contributed by atoms with van der Waals surface area (Å²) in [6.07, 6.45) is -11.0. The summed E-state index contributed by atoms with van der Waals surface area (Å²) in [5, 5.41) is 10.6. The maximum absolute atomic E-state index is 14.9. The van der Waals surface area contributed by atoms with E-state index in [4.69, 9.17) is 47.2 Å². The van der Waals surface area contributed by atoms with Gasteiger partial charge >= 0.3 is 20.2 Å². The highest BCUT2D eigenvalue weighted by atomic mass is 31.2. The van der Waals surface area contributed by atoms with Crippen LogP contribution in [0.3, 0.4) is 0 Å². The number of hydrogen-bond acceptors (Lipinski definition) is 12. The van der Waals surface area contributed by atoms with E-state index in [1.165, 1.54) is 24.3 Å². The van der Waals surface area contributed by atoms with E-state index in [1.807, 2.05) is 13.8 Å². The van der Waals surface area contributed by atoms with E-state index in [-0.39, 0.29) is 36.3 Å². The van der Waals surface area contributed by atoms with Crippen molar-refractivity contribution in [3.05, 3.63) is 53.0 Å². The molecule has 0 aromatic heterocycles. The number of allylic oxidation sites excluding steroid dienone is 2. The summed E-state index contributed by atoms with van der Waals surface area (Å²) >= 11 is 0. The Labute approximate surface area is 325 Å². The first kappa shape index (κ1) is 41.3. The molecule has 1 aromatic rings. The fourth-order valence-electron chi connectivity index (χ4n) is 10.6. The lowest BCUT2D eigenvalue weighted by Gasteiger charge is -2.57. The largest absolute Gasteiger partial charge is 0.530 e. The van der Waals surface area contributed by atoms with Crippen molar-refractivity contribution in [1.82, 2.24) is 0 Å². The molecule has 6 heterocycles. The average molecular weight is 841 g/mol. The first-order chi connectivity index (χ1) is 26.8. The highest BCUT2D eigenvalue weighted by Crippen LogP contribution is 2.63. The van der Waals surface area contributed by atoms with E-state index in [0.717, 1.165) is 0 Å². The maximum Gasteiger partial charge on any atom is 0.530 e. The van der Waals surface area contributed by atoms with Crippen LogP contribution in [-0.2, 0) is 47.2 Å². The van der Waals surface area contributed by atoms with E-state index in [2.05, 4.69) is 0 Å². The minimum atomic E-state index is -5.14. The van der Waals surface area contributed by atoms with Gasteiger partial charge in [0, 0.05) is 41.2 Å². The zero-order valence-electron chi connectivity index (χ0n) is 31.8. The first-order valence-electron chi connectivity index (χ1n) is 19.4. The Kier molecular flexibility index (Phi) is 10.6. The number of alkyl halides is 6. The van der Waals surface area contributed by atoms with Gasteiger partial charge in [-0.05, 0) is 82.8 Å². The molecule has 0 radical (unpaired) electrons. The van der Waals surface area contributed by atoms with Gasteiger partial charge in [0.15, 0.2) is 11.2 Å². The first-order valence-corrected chi connectivity index (χ1v) is 20.9. The molecular weight excluding hydrogens is 793 g/mol. The van der Waals surface area contributed by atoms with E-state index in [9.17, 15) is 36.2 Å². The number of fused-ring (bicyclic) bond motifs is 2. The van der Waals surface area contributed by atoms with E-state index in [0.29, 0.717) is 38.5 Å². The zero-order valence-corrected chi connectivity index (χ0v) is 32.7. The molecule has 1 aromatic carbocycles. The van der Waals surface area contributed by atoms with Crippen molar-refractivity contribution in [3.63, 3.8) is 0 Å². The second-order valence-corrected chi connectivity index (χ2v) is 18.3. The second-order valence-electron chi connectivity index (χ2n) is 16.7. The van der Waals surface area contributed by atoms with Gasteiger partial charge in [-0.1, -0.05) is 32.0 Å². The van der Waals surface area contributed by atoms with Gasteiger partial charge in [-0.2, -0.15) is 26.3 Å². The van der Waals surface area contributed by atoms with Crippen LogP contribution in [-0.4, -0.2) is 66.5 Å². The second kappa shape index (κ2) is 14.6. The third-order valence-electron chi connectivity index (χ3n) is 13.3. The van der Waals surface area contributed by atoms with Gasteiger partial charge in [-0.15, -0.1) is 0 Å². The fraction of sp³-hybridized carbons (Fsp3) is 0.737. The van der Waals surface area contributed by atoms with E-state index in [1.54, 1.807) is 19.9 Å². The molecule has 57 heavy (non-hydrogen) atoms. The quantitative estimate of drug-likeness (QED) is 0.110. The topological polar surface area (TPSA) is 130 Å². The molecule has 1 spiro atoms. The van der Waals surface area contributed by atoms with Crippen molar-refractivity contribution in [2.75, 3.05) is 13.2 Å². The van der Waals surface area contributed by atoms with Crippen LogP contribution in [0.25, 0.3) is 0 Å². The predicted molar refractivity (Wildman–Crippen MR) is 183 cm³/mol. The summed E-state index contributed by atoms with van der Waals surface area (Å²) in [6, 6.07) is 7.38. The highest BCUT2D eigenvalue weighted by Gasteiger charge is 2.71. The molecule has 6 aliphatic heterocycles. The molecule has 5 unspecified atom stereocenters. The molecule has 2 saturated carbocycles. The summed E-state index contributed by atoms with van der Waals surface area (Å²) in [5.41, 5.74) is -4.33. The smallest absolute Gasteiger partial charge is 0.456 e. The molecule has 1 N–H and O–H groups in total. The summed E-state index contributed by atoms with van der Waals surface area (Å²) in [7, 11) is -5.14. The summed E-state index contributed by atoms with van der Waals surface area (Å²) in [4.78, 5) is 16.9. The van der Waals surface area contributed by atoms with Crippen LogP contribution in [0.1, 0.15) is 79.1 Å². The molecular formula is C38H47F6O12P. The number of para-hydroxylation sites is 1. The molecule has 2 aliphatic carbocycles. The van der Waals surface area contributed by atoms with Crippen LogP contribution in [0.5, 0.6) is 5.75 Å². The molecule has 8 aliphatic rings. The van der Waals surface area contributed by atoms with Crippen LogP contribution in [0, 0.1) is 35.5 Å². The van der Waals surface area contributed by atoms with Gasteiger partial charge < -0.3 is 23.5 Å². The number of halogens is 6. The number of benzene rings is 1. The number of phosphoric ester groups is 1. The van der Waals surface area contributed by atoms with Crippen molar-refractivity contribution in [1.29, 1.82) is 0 Å². The number of phosphoric acid groups is 1. The van der Waals surface area contributed by atoms with Crippen molar-refractivity contribution in [2.45, 2.75) is 127 Å². The monoisotopic (exact) mass is 840 g/mol. The van der Waals surface area contributed by atoms with Crippen LogP contribution in [0.2, 0.25) is 0 Å². The highest BCUT2D eigenvalue weighted by molar-refractivity contribution is 7.48. The molecule has 2 bridgehead atoms. The summed E-state index contributed by atoms with van der Waals surface area (Å²) < 4.78 is 145. The molecule has 6 fully saturated rings. The van der Waals surface area contributed by atoms with Crippen molar-refractivity contribution in [2.24, 2.45) is 35.5 Å². The van der Waals surface area contributed by atoms with Crippen molar-refractivity contribution < 1.29 is 83.3 Å². The summed E-state index contributed by atoms with van der Waals surface area (Å²) in [6.45, 7) is 5.00. The molecule has 12 nitrogen and oxygen atoms in total. The van der Waals surface area contributed by atoms with Gasteiger partial charge in [0.2, 0.25) is 29.9 Å². The third-order valence-corrected chi connectivity index (χ3v) is 14.6. The van der Waals surface area contributed by atoms with Gasteiger partial charge in [-0.3, -0.25) is 14.3 Å². The normalized spacial score (nSPS) is 41.5. The number of rotatable bonds is 9. The zero-order chi connectivity index (χ0) is 40.8. The predicted octanol–water partition coefficient (Wildman–Crippen LogP) is 9.53. The molecule has 0 amide bonds. The minimum Gasteiger partial charge on any atom is -0.456 e. The third kappa shape index (κ3) is 7.02. The van der Waals surface area contributed by atoms with Crippen LogP contribution < -0.4 is 4.52 Å². The van der Waals surface area contributed by atoms with Gasteiger partial charge in [0.25, 0.3) is 0 Å². The minimum absolute atomic E-state index is 0.0190. The Morgan fingerprint density at radius 3 is 2.00 bits per heavy atom. The van der Waals surface area contributed by atoms with Crippen LogP contribution in [0.4, 0.5) is 26.3 Å². The average Bonchev–Trinajstić information content (AvgIpc) is 3.47. The maximum atomic E-state index is 14.9. The Hall–Kier alpha value is -2.41. The lowest BCUT2D eigenvalue weighted by molar-refractivity contribution is -0.557. The Morgan fingerprint density at radius 2 is 1.37 bits per heavy atom. The molecule has 9 rings (SSSR count).